The van der Waals surface area contributed by atoms with Gasteiger partial charge in [0.1, 0.15) is 11.8 Å². The van der Waals surface area contributed by atoms with Crippen LogP contribution in [0.1, 0.15) is 5.56 Å². The van der Waals surface area contributed by atoms with E-state index >= 15 is 0 Å². The normalized spacial score (nSPS) is 12.1. The molecule has 0 aliphatic rings. The Labute approximate surface area is 87.3 Å². The van der Waals surface area contributed by atoms with Gasteiger partial charge in [-0.05, 0) is 24.1 Å². The zero-order valence-electron chi connectivity index (χ0n) is 7.38. The molecule has 0 aromatic heterocycles. The molecule has 1 unspecified atom stereocenters. The fraction of sp³-hybridized carbons (Fsp3) is 0.222. The van der Waals surface area contributed by atoms with Gasteiger partial charge in [0.2, 0.25) is 0 Å². The zero-order valence-corrected chi connectivity index (χ0v) is 8.28. The van der Waals surface area contributed by atoms with Gasteiger partial charge >= 0.3 is 5.97 Å². The molecule has 5 heteroatoms. The molecule has 0 aliphatic carbocycles. The van der Waals surface area contributed by atoms with E-state index in [0.717, 1.165) is 5.56 Å². The van der Waals surface area contributed by atoms with Gasteiger partial charge in [0.15, 0.2) is 0 Å². The second-order valence-electron chi connectivity index (χ2n) is 2.89. The number of phenolic OH excluding ortho intramolecular Hbond substituents is 1. The Morgan fingerprint density at radius 2 is 2.07 bits per heavy atom. The van der Waals surface area contributed by atoms with E-state index < -0.39 is 12.0 Å². The number of carbonyl (C=O) groups is 1. The van der Waals surface area contributed by atoms with Crippen molar-refractivity contribution in [3.05, 3.63) is 29.8 Å². The van der Waals surface area contributed by atoms with Crippen molar-refractivity contribution in [2.45, 2.75) is 12.5 Å². The van der Waals surface area contributed by atoms with Crippen LogP contribution in [0, 0.1) is 0 Å². The SMILES string of the molecule is NC(Cc1ccc(O)cc1)C(=O)OS. The lowest BCUT2D eigenvalue weighted by molar-refractivity contribution is -0.134. The molecule has 14 heavy (non-hydrogen) atoms. The van der Waals surface area contributed by atoms with Crippen LogP contribution in [-0.4, -0.2) is 17.1 Å². The van der Waals surface area contributed by atoms with E-state index in [1.807, 2.05) is 0 Å². The number of thiol groups is 1. The molecule has 1 aromatic rings. The summed E-state index contributed by atoms with van der Waals surface area (Å²) in [5, 5.41) is 9.01. The summed E-state index contributed by atoms with van der Waals surface area (Å²) in [6.07, 6.45) is 0.361. The number of rotatable bonds is 3. The number of carbonyl (C=O) groups excluding carboxylic acids is 1. The molecule has 1 rings (SSSR count). The van der Waals surface area contributed by atoms with Crippen LogP contribution in [0.2, 0.25) is 0 Å². The van der Waals surface area contributed by atoms with Crippen molar-refractivity contribution in [3.8, 4) is 5.75 Å². The first-order chi connectivity index (χ1) is 6.63. The van der Waals surface area contributed by atoms with Crippen molar-refractivity contribution >= 4 is 18.9 Å². The maximum atomic E-state index is 10.9. The van der Waals surface area contributed by atoms with Gasteiger partial charge in [-0.25, -0.2) is 4.79 Å². The lowest BCUT2D eigenvalue weighted by atomic mass is 10.1. The summed E-state index contributed by atoms with van der Waals surface area (Å²) >= 11 is 3.37. The van der Waals surface area contributed by atoms with E-state index in [4.69, 9.17) is 10.8 Å². The van der Waals surface area contributed by atoms with E-state index in [9.17, 15) is 4.79 Å². The van der Waals surface area contributed by atoms with Crippen LogP contribution in [0.3, 0.4) is 0 Å². The van der Waals surface area contributed by atoms with Crippen LogP contribution in [-0.2, 0) is 15.4 Å². The minimum absolute atomic E-state index is 0.180. The second kappa shape index (κ2) is 4.88. The van der Waals surface area contributed by atoms with Gasteiger partial charge in [-0.1, -0.05) is 12.1 Å². The predicted molar refractivity (Wildman–Crippen MR) is 54.9 cm³/mol. The van der Waals surface area contributed by atoms with Crippen LogP contribution >= 0.6 is 12.9 Å². The summed E-state index contributed by atoms with van der Waals surface area (Å²) in [7, 11) is 0. The maximum absolute atomic E-state index is 10.9. The highest BCUT2D eigenvalue weighted by atomic mass is 32.1. The molecule has 1 aromatic carbocycles. The maximum Gasteiger partial charge on any atom is 0.335 e. The van der Waals surface area contributed by atoms with E-state index in [1.165, 1.54) is 12.1 Å². The fourth-order valence-electron chi connectivity index (χ4n) is 1.04. The first-order valence-electron chi connectivity index (χ1n) is 4.02. The molecule has 1 atom stereocenters. The molecule has 76 valence electrons. The molecule has 0 bridgehead atoms. The number of hydrogen-bond donors (Lipinski definition) is 3. The minimum atomic E-state index is -0.725. The predicted octanol–water partition coefficient (Wildman–Crippen LogP) is 0.650. The number of nitrogens with two attached hydrogens (primary N) is 1. The molecule has 0 radical (unpaired) electrons. The number of aromatic hydroxyl groups is 1. The lowest BCUT2D eigenvalue weighted by Crippen LogP contribution is -2.32. The van der Waals surface area contributed by atoms with E-state index in [0.29, 0.717) is 6.42 Å². The smallest absolute Gasteiger partial charge is 0.335 e. The van der Waals surface area contributed by atoms with Gasteiger partial charge in [0, 0.05) is 12.9 Å². The van der Waals surface area contributed by atoms with Crippen molar-refractivity contribution in [1.29, 1.82) is 0 Å². The van der Waals surface area contributed by atoms with E-state index in [2.05, 4.69) is 17.1 Å². The highest BCUT2D eigenvalue weighted by Crippen LogP contribution is 2.11. The first kappa shape index (κ1) is 10.9. The molecular formula is C9H11NO3S. The monoisotopic (exact) mass is 213 g/mol. The quantitative estimate of drug-likeness (QED) is 0.509. The Hall–Kier alpha value is -1.20. The molecule has 0 saturated heterocycles. The Kier molecular flexibility index (Phi) is 3.79. The number of hydrogen-bond acceptors (Lipinski definition) is 5. The highest BCUT2D eigenvalue weighted by Gasteiger charge is 2.14. The topological polar surface area (TPSA) is 72.5 Å². The molecular weight excluding hydrogens is 202 g/mol. The summed E-state index contributed by atoms with van der Waals surface area (Å²) in [5.74, 6) is -0.388. The third-order valence-electron chi connectivity index (χ3n) is 1.78. The summed E-state index contributed by atoms with van der Waals surface area (Å²) < 4.78 is 4.19. The number of benzene rings is 1. The molecule has 0 saturated carbocycles. The zero-order chi connectivity index (χ0) is 10.6. The van der Waals surface area contributed by atoms with E-state index in [1.54, 1.807) is 12.1 Å². The fourth-order valence-corrected chi connectivity index (χ4v) is 1.17. The van der Waals surface area contributed by atoms with Gasteiger partial charge in [0.05, 0.1) is 0 Å². The van der Waals surface area contributed by atoms with Crippen molar-refractivity contribution < 1.29 is 14.1 Å². The summed E-state index contributed by atoms with van der Waals surface area (Å²) in [6, 6.07) is 5.74. The second-order valence-corrected chi connectivity index (χ2v) is 3.07. The largest absolute Gasteiger partial charge is 0.508 e. The average molecular weight is 213 g/mol. The average Bonchev–Trinajstić information content (AvgIpc) is 2.20. The molecule has 3 N–H and O–H groups in total. The third kappa shape index (κ3) is 2.93. The first-order valence-corrected chi connectivity index (χ1v) is 4.38. The van der Waals surface area contributed by atoms with Gasteiger partial charge in [0.25, 0.3) is 0 Å². The van der Waals surface area contributed by atoms with Gasteiger partial charge < -0.3 is 15.0 Å². The summed E-state index contributed by atoms with van der Waals surface area (Å²) in [5.41, 5.74) is 6.37. The van der Waals surface area contributed by atoms with Crippen LogP contribution < -0.4 is 5.73 Å². The van der Waals surface area contributed by atoms with Crippen LogP contribution in [0.4, 0.5) is 0 Å². The van der Waals surface area contributed by atoms with Crippen LogP contribution in [0.25, 0.3) is 0 Å². The van der Waals surface area contributed by atoms with Crippen LogP contribution in [0.15, 0.2) is 24.3 Å². The molecule has 0 heterocycles. The van der Waals surface area contributed by atoms with Crippen molar-refractivity contribution in [3.63, 3.8) is 0 Å². The van der Waals surface area contributed by atoms with Crippen LogP contribution in [0.5, 0.6) is 5.75 Å². The molecule has 0 aliphatic heterocycles. The van der Waals surface area contributed by atoms with Gasteiger partial charge in [-0.2, -0.15) is 0 Å². The minimum Gasteiger partial charge on any atom is -0.508 e. The number of phenols is 1. The highest BCUT2D eigenvalue weighted by molar-refractivity contribution is 7.75. The van der Waals surface area contributed by atoms with Gasteiger partial charge in [-0.15, -0.1) is 0 Å². The molecule has 4 nitrogen and oxygen atoms in total. The summed E-state index contributed by atoms with van der Waals surface area (Å²) in [6.45, 7) is 0. The Morgan fingerprint density at radius 3 is 2.57 bits per heavy atom. The molecule has 0 fully saturated rings. The Bertz CT molecular complexity index is 312. The lowest BCUT2D eigenvalue weighted by Gasteiger charge is -2.07. The standard InChI is InChI=1S/C9H11NO3S/c10-8(9(12)13-14)5-6-1-3-7(11)4-2-6/h1-4,8,11,14H,5,10H2. The molecule has 0 amide bonds. The Balaban J connectivity index is 2.60. The van der Waals surface area contributed by atoms with Crippen molar-refractivity contribution in [1.82, 2.24) is 0 Å². The third-order valence-corrected chi connectivity index (χ3v) is 1.96. The van der Waals surface area contributed by atoms with Crippen molar-refractivity contribution in [2.75, 3.05) is 0 Å². The van der Waals surface area contributed by atoms with Crippen molar-refractivity contribution in [2.24, 2.45) is 5.73 Å². The van der Waals surface area contributed by atoms with E-state index in [-0.39, 0.29) is 5.75 Å². The van der Waals surface area contributed by atoms with Gasteiger partial charge in [-0.3, -0.25) is 0 Å². The molecule has 0 spiro atoms. The Morgan fingerprint density at radius 1 is 1.50 bits per heavy atom. The summed E-state index contributed by atoms with van der Waals surface area (Å²) in [4.78, 5) is 10.9.